The van der Waals surface area contributed by atoms with Gasteiger partial charge in [-0.2, -0.15) is 5.26 Å². The van der Waals surface area contributed by atoms with Crippen LogP contribution in [0.25, 0.3) is 0 Å². The Labute approximate surface area is 133 Å². The number of ether oxygens (including phenoxy) is 1. The molecule has 114 valence electrons. The predicted octanol–water partition coefficient (Wildman–Crippen LogP) is 4.94. The molecule has 2 heteroatoms. The fraction of sp³-hybridized carbons (Fsp3) is 0.350. The summed E-state index contributed by atoms with van der Waals surface area (Å²) in [6.07, 6.45) is 1.64. The number of hydrogen-bond acceptors (Lipinski definition) is 2. The first-order valence-electron chi connectivity index (χ1n) is 7.72. The molecule has 0 aliphatic rings. The number of benzene rings is 2. The lowest BCUT2D eigenvalue weighted by Gasteiger charge is -2.22. The van der Waals surface area contributed by atoms with Crippen molar-refractivity contribution < 1.29 is 4.74 Å². The van der Waals surface area contributed by atoms with Gasteiger partial charge in [0.2, 0.25) is 0 Å². The van der Waals surface area contributed by atoms with Crippen LogP contribution in [0.3, 0.4) is 0 Å². The van der Waals surface area contributed by atoms with Crippen molar-refractivity contribution in [1.29, 1.82) is 5.26 Å². The Morgan fingerprint density at radius 1 is 1.05 bits per heavy atom. The molecule has 0 saturated carbocycles. The summed E-state index contributed by atoms with van der Waals surface area (Å²) in [4.78, 5) is 0. The topological polar surface area (TPSA) is 33.0 Å². The normalized spacial score (nSPS) is 13.2. The first-order valence-corrected chi connectivity index (χ1v) is 7.72. The molecule has 0 amide bonds. The van der Waals surface area contributed by atoms with Gasteiger partial charge >= 0.3 is 0 Å². The van der Waals surface area contributed by atoms with E-state index < -0.39 is 5.41 Å². The monoisotopic (exact) mass is 293 g/mol. The number of nitriles is 1. The third-order valence-electron chi connectivity index (χ3n) is 4.29. The second kappa shape index (κ2) is 7.13. The largest absolute Gasteiger partial charge is 0.493 e. The molecule has 0 spiro atoms. The minimum atomic E-state index is -0.452. The van der Waals surface area contributed by atoms with Gasteiger partial charge in [-0.05, 0) is 56.4 Å². The van der Waals surface area contributed by atoms with E-state index in [2.05, 4.69) is 26.0 Å². The highest BCUT2D eigenvalue weighted by molar-refractivity contribution is 5.38. The number of rotatable bonds is 6. The highest BCUT2D eigenvalue weighted by Gasteiger charge is 2.25. The molecule has 1 atom stereocenters. The van der Waals surface area contributed by atoms with E-state index in [-0.39, 0.29) is 0 Å². The van der Waals surface area contributed by atoms with E-state index in [4.69, 9.17) is 4.74 Å². The molecule has 2 rings (SSSR count). The van der Waals surface area contributed by atoms with Crippen LogP contribution >= 0.6 is 0 Å². The van der Waals surface area contributed by atoms with Crippen LogP contribution in [0.15, 0.2) is 48.5 Å². The van der Waals surface area contributed by atoms with E-state index in [1.54, 1.807) is 0 Å². The Morgan fingerprint density at radius 2 is 1.77 bits per heavy atom. The van der Waals surface area contributed by atoms with Crippen LogP contribution in [0.1, 0.15) is 36.5 Å². The van der Waals surface area contributed by atoms with Crippen LogP contribution in [0.2, 0.25) is 0 Å². The van der Waals surface area contributed by atoms with E-state index in [9.17, 15) is 5.26 Å². The average Bonchev–Trinajstić information content (AvgIpc) is 2.56. The van der Waals surface area contributed by atoms with Gasteiger partial charge in [0.25, 0.3) is 0 Å². The third kappa shape index (κ3) is 3.68. The van der Waals surface area contributed by atoms with Crippen molar-refractivity contribution >= 4 is 0 Å². The van der Waals surface area contributed by atoms with Crippen LogP contribution in [0.4, 0.5) is 0 Å². The summed E-state index contributed by atoms with van der Waals surface area (Å²) in [5.74, 6) is 0.943. The van der Waals surface area contributed by atoms with Gasteiger partial charge in [-0.3, -0.25) is 0 Å². The Hall–Kier alpha value is -2.27. The molecule has 0 fully saturated rings. The standard InChI is InChI=1S/C20H23NO/c1-16-9-7-12-19(17(16)2)22-14-8-13-20(3,15-21)18-10-5-4-6-11-18/h4-7,9-12H,8,13-14H2,1-3H3. The molecule has 0 radical (unpaired) electrons. The molecule has 0 N–H and O–H groups in total. The van der Waals surface area contributed by atoms with Crippen LogP contribution in [-0.4, -0.2) is 6.61 Å². The van der Waals surface area contributed by atoms with Crippen LogP contribution < -0.4 is 4.74 Å². The maximum Gasteiger partial charge on any atom is 0.122 e. The molecule has 2 aromatic carbocycles. The minimum absolute atomic E-state index is 0.452. The number of nitrogens with zero attached hydrogens (tertiary/aromatic N) is 1. The summed E-state index contributed by atoms with van der Waals surface area (Å²) in [5.41, 5.74) is 3.05. The van der Waals surface area contributed by atoms with E-state index >= 15 is 0 Å². The van der Waals surface area contributed by atoms with Gasteiger partial charge < -0.3 is 4.74 Å². The molecular formula is C20H23NO. The second-order valence-corrected chi connectivity index (χ2v) is 5.96. The fourth-order valence-electron chi connectivity index (χ4n) is 2.56. The fourth-order valence-corrected chi connectivity index (χ4v) is 2.56. The predicted molar refractivity (Wildman–Crippen MR) is 90.1 cm³/mol. The number of hydrogen-bond donors (Lipinski definition) is 0. The minimum Gasteiger partial charge on any atom is -0.493 e. The van der Waals surface area contributed by atoms with Crippen molar-refractivity contribution in [3.05, 3.63) is 65.2 Å². The molecule has 0 saturated heterocycles. The average molecular weight is 293 g/mol. The molecule has 2 nitrogen and oxygen atoms in total. The molecule has 0 aliphatic carbocycles. The lowest BCUT2D eigenvalue weighted by Crippen LogP contribution is -2.20. The summed E-state index contributed by atoms with van der Waals surface area (Å²) in [7, 11) is 0. The summed E-state index contributed by atoms with van der Waals surface area (Å²) in [6.45, 7) is 6.80. The first-order chi connectivity index (χ1) is 10.6. The Balaban J connectivity index is 1.93. The van der Waals surface area contributed by atoms with E-state index in [0.717, 1.165) is 24.2 Å². The van der Waals surface area contributed by atoms with Gasteiger partial charge in [0.15, 0.2) is 0 Å². The summed E-state index contributed by atoms with van der Waals surface area (Å²) >= 11 is 0. The van der Waals surface area contributed by atoms with E-state index in [1.807, 2.05) is 49.4 Å². The Kier molecular flexibility index (Phi) is 5.22. The second-order valence-electron chi connectivity index (χ2n) is 5.96. The van der Waals surface area contributed by atoms with Gasteiger partial charge in [0, 0.05) is 0 Å². The SMILES string of the molecule is Cc1cccc(OCCCC(C)(C#N)c2ccccc2)c1C. The van der Waals surface area contributed by atoms with Gasteiger partial charge in [-0.15, -0.1) is 0 Å². The van der Waals surface area contributed by atoms with Crippen LogP contribution in [-0.2, 0) is 5.41 Å². The summed E-state index contributed by atoms with van der Waals surface area (Å²) < 4.78 is 5.88. The number of aryl methyl sites for hydroxylation is 1. The highest BCUT2D eigenvalue weighted by Crippen LogP contribution is 2.28. The molecule has 0 bridgehead atoms. The molecule has 2 aromatic rings. The van der Waals surface area contributed by atoms with Crippen molar-refractivity contribution in [2.45, 2.75) is 39.0 Å². The van der Waals surface area contributed by atoms with Crippen LogP contribution in [0, 0.1) is 25.2 Å². The molecule has 0 heterocycles. The Morgan fingerprint density at radius 3 is 2.45 bits per heavy atom. The Bertz CT molecular complexity index is 657. The quantitative estimate of drug-likeness (QED) is 0.706. The van der Waals surface area contributed by atoms with E-state index in [0.29, 0.717) is 6.61 Å². The summed E-state index contributed by atoms with van der Waals surface area (Å²) in [5, 5.41) is 9.54. The van der Waals surface area contributed by atoms with E-state index in [1.165, 1.54) is 11.1 Å². The summed E-state index contributed by atoms with van der Waals surface area (Å²) in [6, 6.07) is 18.6. The molecule has 22 heavy (non-hydrogen) atoms. The zero-order valence-electron chi connectivity index (χ0n) is 13.6. The smallest absolute Gasteiger partial charge is 0.122 e. The molecule has 0 aliphatic heterocycles. The molecule has 1 unspecified atom stereocenters. The first kappa shape index (κ1) is 16.1. The lowest BCUT2D eigenvalue weighted by atomic mass is 9.80. The third-order valence-corrected chi connectivity index (χ3v) is 4.29. The maximum absolute atomic E-state index is 9.54. The van der Waals surface area contributed by atoms with Gasteiger partial charge in [0.1, 0.15) is 5.75 Å². The lowest BCUT2D eigenvalue weighted by molar-refractivity contribution is 0.294. The van der Waals surface area contributed by atoms with Crippen molar-refractivity contribution in [2.75, 3.05) is 6.61 Å². The van der Waals surface area contributed by atoms with Crippen molar-refractivity contribution in [2.24, 2.45) is 0 Å². The highest BCUT2D eigenvalue weighted by atomic mass is 16.5. The zero-order valence-corrected chi connectivity index (χ0v) is 13.6. The van der Waals surface area contributed by atoms with Crippen molar-refractivity contribution in [1.82, 2.24) is 0 Å². The van der Waals surface area contributed by atoms with Crippen LogP contribution in [0.5, 0.6) is 5.75 Å². The van der Waals surface area contributed by atoms with Gasteiger partial charge in [-0.1, -0.05) is 42.5 Å². The van der Waals surface area contributed by atoms with Crippen molar-refractivity contribution in [3.63, 3.8) is 0 Å². The molecule has 0 aromatic heterocycles. The zero-order chi connectivity index (χ0) is 16.0. The molecular weight excluding hydrogens is 270 g/mol. The van der Waals surface area contributed by atoms with Crippen molar-refractivity contribution in [3.8, 4) is 11.8 Å². The maximum atomic E-state index is 9.54. The van der Waals surface area contributed by atoms with Gasteiger partial charge in [-0.25, -0.2) is 0 Å². The van der Waals surface area contributed by atoms with Gasteiger partial charge in [0.05, 0.1) is 18.1 Å².